The van der Waals surface area contributed by atoms with Gasteiger partial charge in [0.1, 0.15) is 29.2 Å². The Labute approximate surface area is 229 Å². The number of esters is 1. The highest BCUT2D eigenvalue weighted by Gasteiger charge is 2.43. The summed E-state index contributed by atoms with van der Waals surface area (Å²) in [7, 11) is -8.40. The van der Waals surface area contributed by atoms with Gasteiger partial charge in [0.25, 0.3) is 0 Å². The van der Waals surface area contributed by atoms with E-state index >= 15 is 0 Å². The molecule has 0 radical (unpaired) electrons. The predicted octanol–water partition coefficient (Wildman–Crippen LogP) is 3.64. The first-order chi connectivity index (χ1) is 18.3. The van der Waals surface area contributed by atoms with Gasteiger partial charge in [-0.3, -0.25) is 18.6 Å². The van der Waals surface area contributed by atoms with Crippen molar-refractivity contribution >= 4 is 30.1 Å². The van der Waals surface area contributed by atoms with Crippen LogP contribution in [0.2, 0.25) is 0 Å². The molecule has 2 aromatic carbocycles. The second kappa shape index (κ2) is 14.0. The van der Waals surface area contributed by atoms with Gasteiger partial charge in [-0.05, 0) is 71.0 Å². The highest BCUT2D eigenvalue weighted by Crippen LogP contribution is 2.52. The van der Waals surface area contributed by atoms with Gasteiger partial charge in [0.2, 0.25) is 16.4 Å². The SMILES string of the molecule is CCOP(=O)(OCC)N(C=O)C(N)C(CNS(=O)(=O)c1ccc(Oc2ccccc2)cc1)C(=O)OC(C)(C)C. The number of amides is 1. The van der Waals surface area contributed by atoms with Crippen LogP contribution in [0, 0.1) is 5.92 Å². The summed E-state index contributed by atoms with van der Waals surface area (Å²) in [4.78, 5) is 24.9. The normalized spacial score (nSPS) is 13.8. The second-order valence-corrected chi connectivity index (χ2v) is 12.8. The van der Waals surface area contributed by atoms with Crippen molar-refractivity contribution < 1.29 is 41.1 Å². The molecule has 2 aromatic rings. The number of carbonyl (C=O) groups is 2. The molecule has 0 aliphatic rings. The Morgan fingerprint density at radius 3 is 2.05 bits per heavy atom. The first-order valence-electron chi connectivity index (χ1n) is 12.2. The number of para-hydroxylation sites is 1. The Balaban J connectivity index is 2.29. The van der Waals surface area contributed by atoms with Gasteiger partial charge < -0.3 is 15.2 Å². The van der Waals surface area contributed by atoms with Crippen LogP contribution in [0.4, 0.5) is 0 Å². The number of carbonyl (C=O) groups excluding carboxylic acids is 2. The quantitative estimate of drug-likeness (QED) is 0.136. The summed E-state index contributed by atoms with van der Waals surface area (Å²) >= 11 is 0. The summed E-state index contributed by atoms with van der Waals surface area (Å²) in [6.07, 6.45) is -1.49. The van der Waals surface area contributed by atoms with Crippen LogP contribution in [0.5, 0.6) is 11.5 Å². The molecule has 0 aromatic heterocycles. The zero-order valence-electron chi connectivity index (χ0n) is 22.6. The molecule has 216 valence electrons. The van der Waals surface area contributed by atoms with Gasteiger partial charge in [-0.15, -0.1) is 0 Å². The average Bonchev–Trinajstić information content (AvgIpc) is 2.84. The summed E-state index contributed by atoms with van der Waals surface area (Å²) in [5, 5.41) is 0. The lowest BCUT2D eigenvalue weighted by atomic mass is 10.1. The van der Waals surface area contributed by atoms with Crippen molar-refractivity contribution in [2.45, 2.75) is 51.3 Å². The Hall–Kier alpha value is -2.80. The zero-order chi connectivity index (χ0) is 29.3. The maximum atomic E-state index is 13.3. The lowest BCUT2D eigenvalue weighted by Gasteiger charge is -2.35. The van der Waals surface area contributed by atoms with E-state index in [-0.39, 0.29) is 24.5 Å². The second-order valence-electron chi connectivity index (χ2n) is 9.16. The fourth-order valence-electron chi connectivity index (χ4n) is 3.29. The smallest absolute Gasteiger partial charge is 0.438 e. The van der Waals surface area contributed by atoms with E-state index in [1.165, 1.54) is 38.1 Å². The van der Waals surface area contributed by atoms with Crippen molar-refractivity contribution in [3.8, 4) is 11.5 Å². The molecule has 3 N–H and O–H groups in total. The van der Waals surface area contributed by atoms with Crippen LogP contribution < -0.4 is 15.2 Å². The van der Waals surface area contributed by atoms with Crippen LogP contribution in [-0.4, -0.2) is 57.0 Å². The lowest BCUT2D eigenvalue weighted by molar-refractivity contribution is -0.161. The fourth-order valence-corrected chi connectivity index (χ4v) is 5.94. The topological polar surface area (TPSA) is 164 Å². The van der Waals surface area contributed by atoms with Crippen LogP contribution in [-0.2, 0) is 38.0 Å². The van der Waals surface area contributed by atoms with Crippen LogP contribution in [0.1, 0.15) is 34.6 Å². The molecular weight excluding hydrogens is 549 g/mol. The molecule has 14 heteroatoms. The molecule has 39 heavy (non-hydrogen) atoms. The third-order valence-electron chi connectivity index (χ3n) is 5.01. The van der Waals surface area contributed by atoms with Crippen LogP contribution in [0.15, 0.2) is 59.5 Å². The van der Waals surface area contributed by atoms with Crippen molar-refractivity contribution in [1.29, 1.82) is 0 Å². The third kappa shape index (κ3) is 9.41. The van der Waals surface area contributed by atoms with E-state index in [0.717, 1.165) is 0 Å². The van der Waals surface area contributed by atoms with Crippen molar-refractivity contribution in [1.82, 2.24) is 9.39 Å². The van der Waals surface area contributed by atoms with E-state index < -0.39 is 48.0 Å². The summed E-state index contributed by atoms with van der Waals surface area (Å²) in [5.74, 6) is -1.40. The Morgan fingerprint density at radius 1 is 1.03 bits per heavy atom. The lowest BCUT2D eigenvalue weighted by Crippen LogP contribution is -2.53. The van der Waals surface area contributed by atoms with Crippen molar-refractivity contribution in [2.75, 3.05) is 19.8 Å². The summed E-state index contributed by atoms with van der Waals surface area (Å²) in [5.41, 5.74) is 5.25. The third-order valence-corrected chi connectivity index (χ3v) is 8.54. The summed E-state index contributed by atoms with van der Waals surface area (Å²) < 4.78 is 63.7. The number of nitrogens with one attached hydrogen (secondary N) is 1. The standard InChI is InChI=1S/C25H36N3O9PS/c1-6-34-38(31,35-7-2)28(18-29)23(26)22(24(30)37-25(3,4)5)17-27-39(32,33)21-15-13-20(14-16-21)36-19-11-9-8-10-12-19/h8-16,18,22-23,27H,6-7,17,26H2,1-5H3. The number of ether oxygens (including phenoxy) is 2. The molecule has 0 aliphatic carbocycles. The highest BCUT2D eigenvalue weighted by atomic mass is 32.2. The first-order valence-corrected chi connectivity index (χ1v) is 15.2. The minimum atomic E-state index is -4.25. The largest absolute Gasteiger partial charge is 0.460 e. The monoisotopic (exact) mass is 585 g/mol. The van der Waals surface area contributed by atoms with Gasteiger partial charge in [0, 0.05) is 6.54 Å². The van der Waals surface area contributed by atoms with Crippen molar-refractivity contribution in [3.63, 3.8) is 0 Å². The summed E-state index contributed by atoms with van der Waals surface area (Å²) in [6, 6.07) is 14.6. The maximum absolute atomic E-state index is 13.3. The molecule has 0 saturated heterocycles. The molecule has 0 aliphatic heterocycles. The Kier molecular flexibility index (Phi) is 11.6. The van der Waals surface area contributed by atoms with Crippen LogP contribution >= 0.6 is 7.75 Å². The molecule has 2 atom stereocenters. The van der Waals surface area contributed by atoms with E-state index in [0.29, 0.717) is 16.2 Å². The first kappa shape index (κ1) is 32.4. The van der Waals surface area contributed by atoms with Gasteiger partial charge in [-0.1, -0.05) is 18.2 Å². The summed E-state index contributed by atoms with van der Waals surface area (Å²) in [6.45, 7) is 7.16. The number of hydrogen-bond acceptors (Lipinski definition) is 10. The number of nitrogens with zero attached hydrogens (tertiary/aromatic N) is 1. The number of sulfonamides is 1. The highest BCUT2D eigenvalue weighted by molar-refractivity contribution is 7.89. The number of hydrogen-bond donors (Lipinski definition) is 2. The minimum Gasteiger partial charge on any atom is -0.460 e. The molecule has 2 rings (SSSR count). The number of rotatable bonds is 15. The molecule has 0 bridgehead atoms. The van der Waals surface area contributed by atoms with E-state index in [9.17, 15) is 22.6 Å². The van der Waals surface area contributed by atoms with Crippen molar-refractivity contribution in [2.24, 2.45) is 11.7 Å². The predicted molar refractivity (Wildman–Crippen MR) is 144 cm³/mol. The van der Waals surface area contributed by atoms with Gasteiger partial charge in [-0.25, -0.2) is 22.4 Å². The fraction of sp³-hybridized carbons (Fsp3) is 0.440. The molecule has 1 amide bonds. The average molecular weight is 586 g/mol. The van der Waals surface area contributed by atoms with Gasteiger partial charge in [-0.2, -0.15) is 0 Å². The van der Waals surface area contributed by atoms with E-state index in [4.69, 9.17) is 24.3 Å². The van der Waals surface area contributed by atoms with Crippen LogP contribution in [0.25, 0.3) is 0 Å². The Morgan fingerprint density at radius 2 is 1.56 bits per heavy atom. The Bertz CT molecular complexity index is 1230. The molecule has 0 heterocycles. The van der Waals surface area contributed by atoms with Gasteiger partial charge >= 0.3 is 13.7 Å². The molecular formula is C25H36N3O9PS. The molecule has 2 unspecified atom stereocenters. The number of benzene rings is 2. The zero-order valence-corrected chi connectivity index (χ0v) is 24.3. The number of nitrogens with two attached hydrogens (primary N) is 1. The minimum absolute atomic E-state index is 0.0813. The van der Waals surface area contributed by atoms with Crippen LogP contribution in [0.3, 0.4) is 0 Å². The molecule has 0 saturated carbocycles. The van der Waals surface area contributed by atoms with E-state index in [1.807, 2.05) is 6.07 Å². The van der Waals surface area contributed by atoms with Gasteiger partial charge in [0.05, 0.1) is 18.1 Å². The van der Waals surface area contributed by atoms with E-state index in [1.54, 1.807) is 45.0 Å². The molecule has 0 spiro atoms. The molecule has 0 fully saturated rings. The van der Waals surface area contributed by atoms with E-state index in [2.05, 4.69) is 4.72 Å². The van der Waals surface area contributed by atoms with Gasteiger partial charge in [0.15, 0.2) is 0 Å². The van der Waals surface area contributed by atoms with Crippen molar-refractivity contribution in [3.05, 3.63) is 54.6 Å². The molecule has 12 nitrogen and oxygen atoms in total. The maximum Gasteiger partial charge on any atom is 0.438 e.